The molecule has 0 saturated carbocycles. The predicted octanol–water partition coefficient (Wildman–Crippen LogP) is 4.28. The van der Waals surface area contributed by atoms with E-state index in [9.17, 15) is 4.79 Å². The predicted molar refractivity (Wildman–Crippen MR) is 101 cm³/mol. The topological polar surface area (TPSA) is 83.6 Å². The molecule has 4 aromatic heterocycles. The van der Waals surface area contributed by atoms with Crippen molar-refractivity contribution in [1.82, 2.24) is 19.9 Å². The van der Waals surface area contributed by atoms with E-state index < -0.39 is 0 Å². The molecule has 4 rings (SSSR count). The first-order valence-corrected chi connectivity index (χ1v) is 9.24. The molecule has 0 bridgehead atoms. The average molecular weight is 367 g/mol. The van der Waals surface area contributed by atoms with Crippen LogP contribution >= 0.6 is 22.7 Å². The first-order chi connectivity index (χ1) is 12.2. The molecule has 0 atom stereocenters. The zero-order valence-corrected chi connectivity index (χ0v) is 14.8. The molecule has 0 aliphatic rings. The van der Waals surface area contributed by atoms with Crippen LogP contribution in [0.3, 0.4) is 0 Å². The summed E-state index contributed by atoms with van der Waals surface area (Å²) in [6.45, 7) is 1.46. The van der Waals surface area contributed by atoms with Gasteiger partial charge < -0.3 is 10.3 Å². The minimum Gasteiger partial charge on any atom is -0.344 e. The lowest BCUT2D eigenvalue weighted by atomic mass is 10.2. The number of H-pyrrole nitrogens is 1. The Morgan fingerprint density at radius 2 is 2.12 bits per heavy atom. The molecule has 0 aromatic carbocycles. The van der Waals surface area contributed by atoms with Crippen molar-refractivity contribution >= 4 is 34.4 Å². The van der Waals surface area contributed by atoms with E-state index >= 15 is 0 Å². The van der Waals surface area contributed by atoms with Gasteiger partial charge in [0.05, 0.1) is 10.6 Å². The van der Waals surface area contributed by atoms with Crippen LogP contribution in [0.1, 0.15) is 6.92 Å². The highest BCUT2D eigenvalue weighted by molar-refractivity contribution is 7.19. The summed E-state index contributed by atoms with van der Waals surface area (Å²) >= 11 is 3.19. The van der Waals surface area contributed by atoms with Gasteiger partial charge in [-0.2, -0.15) is 11.3 Å². The largest absolute Gasteiger partial charge is 0.344 e. The third-order valence-electron chi connectivity index (χ3n) is 3.45. The number of hydrogen-bond donors (Lipinski definition) is 2. The summed E-state index contributed by atoms with van der Waals surface area (Å²) < 4.78 is 0. The molecule has 0 fully saturated rings. The van der Waals surface area contributed by atoms with Crippen molar-refractivity contribution in [3.05, 3.63) is 47.5 Å². The molecule has 25 heavy (non-hydrogen) atoms. The van der Waals surface area contributed by atoms with Gasteiger partial charge in [-0.1, -0.05) is 0 Å². The minimum absolute atomic E-state index is 0.154. The number of carbonyl (C=O) groups excluding carboxylic acids is 1. The van der Waals surface area contributed by atoms with E-state index in [0.29, 0.717) is 5.82 Å². The number of thiazole rings is 1. The quantitative estimate of drug-likeness (QED) is 0.564. The summed E-state index contributed by atoms with van der Waals surface area (Å²) in [7, 11) is 0. The molecule has 0 radical (unpaired) electrons. The standard InChI is InChI=1S/C17H13N5OS2/c1-10(23)21-13-8-11(2-4-18-13)17-22-14(12-3-7-24-9-12)15(25-17)16-19-5-6-20-16/h2-9H,1H3,(H,19,20)(H,18,21,23). The van der Waals surface area contributed by atoms with E-state index in [0.717, 1.165) is 32.5 Å². The molecule has 0 aliphatic heterocycles. The summed E-state index contributed by atoms with van der Waals surface area (Å²) in [6, 6.07) is 5.75. The van der Waals surface area contributed by atoms with Gasteiger partial charge in [-0.25, -0.2) is 15.0 Å². The first-order valence-electron chi connectivity index (χ1n) is 7.48. The highest BCUT2D eigenvalue weighted by atomic mass is 32.1. The fraction of sp³-hybridized carbons (Fsp3) is 0.0588. The molecule has 4 heterocycles. The number of nitrogens with one attached hydrogen (secondary N) is 2. The normalized spacial score (nSPS) is 10.8. The highest BCUT2D eigenvalue weighted by Crippen LogP contribution is 2.40. The highest BCUT2D eigenvalue weighted by Gasteiger charge is 2.18. The van der Waals surface area contributed by atoms with Crippen molar-refractivity contribution in [3.63, 3.8) is 0 Å². The summed E-state index contributed by atoms with van der Waals surface area (Å²) in [5, 5.41) is 7.65. The van der Waals surface area contributed by atoms with Gasteiger partial charge in [-0.15, -0.1) is 11.3 Å². The van der Waals surface area contributed by atoms with Crippen LogP contribution in [-0.2, 0) is 4.79 Å². The number of amides is 1. The van der Waals surface area contributed by atoms with Crippen molar-refractivity contribution in [2.24, 2.45) is 0 Å². The molecule has 1 amide bonds. The molecule has 0 saturated heterocycles. The summed E-state index contributed by atoms with van der Waals surface area (Å²) in [6.07, 6.45) is 5.19. The van der Waals surface area contributed by atoms with Crippen LogP contribution in [0.5, 0.6) is 0 Å². The van der Waals surface area contributed by atoms with Crippen molar-refractivity contribution in [3.8, 4) is 32.5 Å². The maximum atomic E-state index is 11.3. The maximum Gasteiger partial charge on any atom is 0.222 e. The number of aromatic amines is 1. The Morgan fingerprint density at radius 1 is 1.20 bits per heavy atom. The number of anilines is 1. The van der Waals surface area contributed by atoms with Gasteiger partial charge in [-0.3, -0.25) is 4.79 Å². The smallest absolute Gasteiger partial charge is 0.222 e. The van der Waals surface area contributed by atoms with Crippen molar-refractivity contribution in [2.75, 3.05) is 5.32 Å². The van der Waals surface area contributed by atoms with Crippen LogP contribution in [-0.4, -0.2) is 25.8 Å². The molecule has 2 N–H and O–H groups in total. The number of nitrogens with zero attached hydrogens (tertiary/aromatic N) is 3. The lowest BCUT2D eigenvalue weighted by Crippen LogP contribution is -2.07. The minimum atomic E-state index is -0.154. The number of carbonyl (C=O) groups is 1. The zero-order valence-electron chi connectivity index (χ0n) is 13.2. The molecule has 8 heteroatoms. The Bertz CT molecular complexity index is 954. The third kappa shape index (κ3) is 3.21. The number of aromatic nitrogens is 4. The van der Waals surface area contributed by atoms with Crippen molar-refractivity contribution in [2.45, 2.75) is 6.92 Å². The molecule has 124 valence electrons. The fourth-order valence-corrected chi connectivity index (χ4v) is 4.08. The van der Waals surface area contributed by atoms with Crippen LogP contribution in [0.25, 0.3) is 32.5 Å². The summed E-state index contributed by atoms with van der Waals surface area (Å²) in [4.78, 5) is 28.7. The van der Waals surface area contributed by atoms with Crippen molar-refractivity contribution < 1.29 is 4.79 Å². The molecule has 0 spiro atoms. The van der Waals surface area contributed by atoms with E-state index in [2.05, 4.69) is 25.6 Å². The molecular formula is C17H13N5OS2. The zero-order chi connectivity index (χ0) is 17.2. The monoisotopic (exact) mass is 367 g/mol. The summed E-state index contributed by atoms with van der Waals surface area (Å²) in [5.74, 6) is 1.15. The fourth-order valence-electron chi connectivity index (χ4n) is 2.40. The Morgan fingerprint density at radius 3 is 2.84 bits per heavy atom. The van der Waals surface area contributed by atoms with Gasteiger partial charge in [0.2, 0.25) is 5.91 Å². The van der Waals surface area contributed by atoms with E-state index in [4.69, 9.17) is 4.98 Å². The van der Waals surface area contributed by atoms with E-state index in [1.165, 1.54) is 6.92 Å². The maximum absolute atomic E-state index is 11.3. The van der Waals surface area contributed by atoms with Crippen LogP contribution in [0.4, 0.5) is 5.82 Å². The molecule has 0 unspecified atom stereocenters. The van der Waals surface area contributed by atoms with Crippen molar-refractivity contribution in [1.29, 1.82) is 0 Å². The van der Waals surface area contributed by atoms with Gasteiger partial charge in [0.15, 0.2) is 0 Å². The Balaban J connectivity index is 1.81. The first kappa shape index (κ1) is 15.7. The number of thiophene rings is 1. The van der Waals surface area contributed by atoms with Gasteiger partial charge in [0, 0.05) is 42.0 Å². The number of rotatable bonds is 4. The van der Waals surface area contributed by atoms with Gasteiger partial charge in [0.25, 0.3) is 0 Å². The molecular weight excluding hydrogens is 354 g/mol. The SMILES string of the molecule is CC(=O)Nc1cc(-c2nc(-c3ccsc3)c(-c3ncc[nH]3)s2)ccn1. The lowest BCUT2D eigenvalue weighted by molar-refractivity contribution is -0.114. The number of pyridine rings is 1. The molecule has 6 nitrogen and oxygen atoms in total. The van der Waals surface area contributed by atoms with Gasteiger partial charge >= 0.3 is 0 Å². The van der Waals surface area contributed by atoms with Gasteiger partial charge in [-0.05, 0) is 23.6 Å². The molecule has 0 aliphatic carbocycles. The third-order valence-corrected chi connectivity index (χ3v) is 5.24. The average Bonchev–Trinajstić information content (AvgIpc) is 3.34. The van der Waals surface area contributed by atoms with Crippen LogP contribution in [0.2, 0.25) is 0 Å². The Kier molecular flexibility index (Phi) is 4.12. The van der Waals surface area contributed by atoms with Crippen LogP contribution in [0, 0.1) is 0 Å². The Hall–Kier alpha value is -2.84. The second-order valence-electron chi connectivity index (χ2n) is 5.26. The van der Waals surface area contributed by atoms with E-state index in [-0.39, 0.29) is 5.91 Å². The lowest BCUT2D eigenvalue weighted by Gasteiger charge is -2.02. The van der Waals surface area contributed by atoms with Crippen LogP contribution < -0.4 is 5.32 Å². The second kappa shape index (κ2) is 6.58. The Labute approximate surface area is 151 Å². The number of hydrogen-bond acceptors (Lipinski definition) is 6. The van der Waals surface area contributed by atoms with E-state index in [1.807, 2.05) is 23.6 Å². The van der Waals surface area contributed by atoms with Gasteiger partial charge in [0.1, 0.15) is 16.6 Å². The second-order valence-corrected chi connectivity index (χ2v) is 7.04. The van der Waals surface area contributed by atoms with Crippen LogP contribution in [0.15, 0.2) is 47.5 Å². The molecule has 4 aromatic rings. The van der Waals surface area contributed by atoms with E-state index in [1.54, 1.807) is 41.3 Å². The summed E-state index contributed by atoms with van der Waals surface area (Å²) in [5.41, 5.74) is 2.86. The number of imidazole rings is 1.